The maximum absolute atomic E-state index is 14.2. The summed E-state index contributed by atoms with van der Waals surface area (Å²) in [4.78, 5) is 81.0. The first-order chi connectivity index (χ1) is 37.3. The third-order valence-corrected chi connectivity index (χ3v) is 14.4. The first-order valence-electron chi connectivity index (χ1n) is 26.7. The summed E-state index contributed by atoms with van der Waals surface area (Å²) in [6.07, 6.45) is 5.79. The van der Waals surface area contributed by atoms with Crippen molar-refractivity contribution in [2.75, 3.05) is 92.0 Å². The first-order valence-corrected chi connectivity index (χ1v) is 27.1. The number of amides is 5. The third-order valence-electron chi connectivity index (χ3n) is 14.0. The van der Waals surface area contributed by atoms with Gasteiger partial charge in [0.15, 0.2) is 11.9 Å². The summed E-state index contributed by atoms with van der Waals surface area (Å²) >= 11 is 6.77. The number of methoxy groups -OCH3 is 1. The Morgan fingerprint density at radius 3 is 2.35 bits per heavy atom. The lowest BCUT2D eigenvalue weighted by molar-refractivity contribution is -0.162. The lowest BCUT2D eigenvalue weighted by atomic mass is 9.83. The largest absolute Gasteiger partial charge is 0.495 e. The van der Waals surface area contributed by atoms with Crippen molar-refractivity contribution < 1.29 is 81.6 Å². The zero-order chi connectivity index (χ0) is 56.8. The normalized spacial score (nSPS) is 27.4. The van der Waals surface area contributed by atoms with Crippen LogP contribution in [0.25, 0.3) is 0 Å². The Morgan fingerprint density at radius 2 is 1.64 bits per heavy atom. The summed E-state index contributed by atoms with van der Waals surface area (Å²) < 4.78 is 50.8. The highest BCUT2D eigenvalue weighted by Crippen LogP contribution is 2.49. The number of anilines is 1. The molecule has 0 spiro atoms. The van der Waals surface area contributed by atoms with Gasteiger partial charge in [0, 0.05) is 52.4 Å². The van der Waals surface area contributed by atoms with Crippen molar-refractivity contribution >= 4 is 53.2 Å². The minimum atomic E-state index is -2.12. The number of allylic oxidation sites excluding steroid dienone is 5. The molecule has 2 saturated heterocycles. The van der Waals surface area contributed by atoms with Crippen molar-refractivity contribution in [2.24, 2.45) is 11.7 Å². The minimum Gasteiger partial charge on any atom is -0.495 e. The molecule has 0 radical (unpaired) electrons. The van der Waals surface area contributed by atoms with Gasteiger partial charge in [-0.25, -0.2) is 14.4 Å². The molecule has 5 amide bonds. The maximum Gasteiger partial charge on any atom is 0.409 e. The zero-order valence-electron chi connectivity index (χ0n) is 45.8. The molecular formula is C54H81ClN6O17. The molecule has 24 heteroatoms. The highest BCUT2D eigenvalue weighted by atomic mass is 35.5. The van der Waals surface area contributed by atoms with Gasteiger partial charge < -0.3 is 79.0 Å². The summed E-state index contributed by atoms with van der Waals surface area (Å²) in [6.45, 7) is 8.20. The van der Waals surface area contributed by atoms with Crippen LogP contribution in [0, 0.1) is 5.92 Å². The number of hydrogen-bond donors (Lipinski definition) is 6. The molecule has 3 heterocycles. The Bertz CT molecular complexity index is 2270. The average molecular weight is 1120 g/mol. The van der Waals surface area contributed by atoms with Gasteiger partial charge >= 0.3 is 18.2 Å². The molecule has 1 aromatic rings. The highest BCUT2D eigenvalue weighted by molar-refractivity contribution is 6.35. The van der Waals surface area contributed by atoms with Gasteiger partial charge in [-0.15, -0.1) is 0 Å². The number of alkyl carbamates (subject to hydrolysis) is 2. The Labute approximate surface area is 461 Å². The number of esters is 1. The molecule has 436 valence electrons. The Hall–Kier alpha value is -5.37. The van der Waals surface area contributed by atoms with Crippen molar-refractivity contribution in [1.29, 1.82) is 0 Å². The van der Waals surface area contributed by atoms with E-state index in [0.717, 1.165) is 48.1 Å². The van der Waals surface area contributed by atoms with E-state index in [4.69, 9.17) is 60.0 Å². The van der Waals surface area contributed by atoms with Gasteiger partial charge in [0.2, 0.25) is 17.7 Å². The molecule has 5 rings (SSSR count). The van der Waals surface area contributed by atoms with Crippen LogP contribution in [0.5, 0.6) is 5.75 Å². The number of nitrogens with zero attached hydrogens (tertiary/aromatic N) is 2. The fraction of sp³-hybridized carbons (Fsp3) is 0.667. The minimum absolute atomic E-state index is 0.0590. The van der Waals surface area contributed by atoms with E-state index in [1.165, 1.54) is 32.2 Å². The zero-order valence-corrected chi connectivity index (χ0v) is 46.6. The van der Waals surface area contributed by atoms with E-state index in [1.54, 1.807) is 38.1 Å². The predicted molar refractivity (Wildman–Crippen MR) is 285 cm³/mol. The molecule has 78 heavy (non-hydrogen) atoms. The quantitative estimate of drug-likeness (QED) is 0.0215. The topological polar surface area (TPSA) is 298 Å². The van der Waals surface area contributed by atoms with Crippen molar-refractivity contribution in [2.45, 2.75) is 139 Å². The molecule has 7 N–H and O–H groups in total. The first kappa shape index (κ1) is 63.5. The maximum atomic E-state index is 14.2. The monoisotopic (exact) mass is 1120 g/mol. The van der Waals surface area contributed by atoms with Crippen molar-refractivity contribution in [1.82, 2.24) is 20.9 Å². The number of aliphatic hydroxyl groups is 2. The van der Waals surface area contributed by atoms with Crippen LogP contribution in [0.3, 0.4) is 0 Å². The molecule has 1 aliphatic carbocycles. The van der Waals surface area contributed by atoms with Gasteiger partial charge in [0.25, 0.3) is 0 Å². The van der Waals surface area contributed by atoms with Gasteiger partial charge in [-0.3, -0.25) is 19.7 Å². The lowest BCUT2D eigenvalue weighted by Crippen LogP contribution is -2.63. The molecular weight excluding hydrogens is 1040 g/mol. The van der Waals surface area contributed by atoms with E-state index >= 15 is 0 Å². The molecule has 9 atom stereocenters. The van der Waals surface area contributed by atoms with E-state index in [-0.39, 0.29) is 62.5 Å². The lowest BCUT2D eigenvalue weighted by Gasteiger charge is -2.41. The van der Waals surface area contributed by atoms with Crippen LogP contribution < -0.4 is 31.3 Å². The van der Waals surface area contributed by atoms with Crippen LogP contribution in [-0.2, 0) is 63.5 Å². The standard InChI is InChI=1S/C54H81ClN6O17/c1-35-14-12-17-42(62)54(69)34-41(76-52(68)59-54)36(2)48-53(3,78-48)43(33-46(65)60(4)39-31-37(30-35)32-40(70-6)47(39)55)77-50(66)49(56)61(5)45(64)18-13-20-57-44(63)19-22-71-24-26-73-28-29-74-27-25-72-23-21-58-51(67)75-38-15-10-8-7-9-11-16-38/h7-8,12,14,17,31-32,36,38,41-43,48-49,62,69H,9-11,13,15-16,18-30,33-34,56H2,1-6H3,(H,57,63)(H,58,67)(H,59,68)/b8-7+,17-12+,35-14+/t36-,38?,41+,42-,43+,48+,49-,53?,54+/m1/s1. The van der Waals surface area contributed by atoms with E-state index in [2.05, 4.69) is 28.1 Å². The molecule has 4 bridgehead atoms. The number of ether oxygens (including phenoxy) is 9. The molecule has 2 fully saturated rings. The van der Waals surface area contributed by atoms with Crippen LogP contribution in [0.15, 0.2) is 48.1 Å². The summed E-state index contributed by atoms with van der Waals surface area (Å²) in [5.74, 6) is -2.73. The van der Waals surface area contributed by atoms with E-state index < -0.39 is 84.2 Å². The number of rotatable bonds is 24. The van der Waals surface area contributed by atoms with Gasteiger partial charge in [-0.1, -0.05) is 54.5 Å². The van der Waals surface area contributed by atoms with Gasteiger partial charge in [-0.05, 0) is 76.5 Å². The van der Waals surface area contributed by atoms with Crippen LogP contribution in [0.4, 0.5) is 15.3 Å². The molecule has 1 aromatic carbocycles. The van der Waals surface area contributed by atoms with Crippen LogP contribution in [-0.4, -0.2) is 186 Å². The van der Waals surface area contributed by atoms with Gasteiger partial charge in [-0.2, -0.15) is 0 Å². The summed E-state index contributed by atoms with van der Waals surface area (Å²) in [5.41, 5.74) is 4.69. The number of nitrogens with two attached hydrogens (primary N) is 1. The Balaban J connectivity index is 1.02. The molecule has 0 aromatic heterocycles. The number of aliphatic hydroxyl groups excluding tert-OH is 1. The molecule has 2 unspecified atom stereocenters. The summed E-state index contributed by atoms with van der Waals surface area (Å²) in [6, 6.07) is 3.46. The number of benzene rings is 1. The van der Waals surface area contributed by atoms with E-state index in [1.807, 2.05) is 6.92 Å². The van der Waals surface area contributed by atoms with Crippen molar-refractivity contribution in [3.05, 3.63) is 58.7 Å². The molecule has 23 nitrogen and oxygen atoms in total. The van der Waals surface area contributed by atoms with Crippen LogP contribution in [0.2, 0.25) is 5.02 Å². The number of halogens is 1. The number of nitrogens with one attached hydrogen (secondary N) is 3. The van der Waals surface area contributed by atoms with Gasteiger partial charge in [0.1, 0.15) is 40.8 Å². The van der Waals surface area contributed by atoms with Gasteiger partial charge in [0.05, 0.1) is 78.2 Å². The number of fused-ring (bicyclic) bond motifs is 5. The number of epoxide rings is 1. The third kappa shape index (κ3) is 19.5. The second-order valence-electron chi connectivity index (χ2n) is 20.0. The molecule has 0 saturated carbocycles. The van der Waals surface area contributed by atoms with Crippen LogP contribution in [0.1, 0.15) is 90.5 Å². The Morgan fingerprint density at radius 1 is 0.962 bits per heavy atom. The number of carbonyl (C=O) groups excluding carboxylic acids is 6. The Kier molecular flexibility index (Phi) is 25.6. The van der Waals surface area contributed by atoms with Crippen LogP contribution >= 0.6 is 11.6 Å². The second-order valence-corrected chi connectivity index (χ2v) is 20.4. The van der Waals surface area contributed by atoms with E-state index in [0.29, 0.717) is 64.0 Å². The average Bonchev–Trinajstić information content (AvgIpc) is 4.26. The predicted octanol–water partition coefficient (Wildman–Crippen LogP) is 3.72. The molecule has 3 aliphatic heterocycles. The number of carbonyl (C=O) groups is 6. The van der Waals surface area contributed by atoms with E-state index in [9.17, 15) is 39.0 Å². The summed E-state index contributed by atoms with van der Waals surface area (Å²) in [7, 11) is 4.29. The number of likely N-dealkylation sites (N-methyl/N-ethyl adjacent to an activating group) is 1. The van der Waals surface area contributed by atoms with Crippen molar-refractivity contribution in [3.63, 3.8) is 0 Å². The summed E-state index contributed by atoms with van der Waals surface area (Å²) in [5, 5.41) is 30.5. The highest BCUT2D eigenvalue weighted by Gasteiger charge is 2.64. The fourth-order valence-corrected chi connectivity index (χ4v) is 9.50. The number of hydrogen-bond acceptors (Lipinski definition) is 18. The second kappa shape index (κ2) is 31.4. The SMILES string of the molecule is COc1cc2cc(c1Cl)N(C)C(=O)C[C@H](OC(=O)[C@H](N)N(C)C(=O)CCCNC(=O)CCOCCOCCOCCOCCNC(=O)OC1CC/C=C/CCC1)C1(C)O[C@H]1[C@H](C)[C@@H]1C[C@@](O)(NC(=O)O1)[C@H](O)/C=C/C=C(\C)C2. The smallest absolute Gasteiger partial charge is 0.409 e. The van der Waals surface area contributed by atoms with Crippen molar-refractivity contribution in [3.8, 4) is 5.75 Å². The fourth-order valence-electron chi connectivity index (χ4n) is 9.19. The molecule has 4 aliphatic rings.